The number of carbonyl (C=O) groups excluding carboxylic acids is 4. The normalized spacial score (nSPS) is 16.4. The minimum Gasteiger partial charge on any atom is -0.496 e. The van der Waals surface area contributed by atoms with E-state index in [2.05, 4.69) is 20.9 Å². The SMILES string of the molecule is COc1cc2c(cc1-c1cncc(NC(=O)CCCNC(=O)CCOCCNC(=O)CN3CCN(CC(=O)O)CCN(CC(=O)O)CCN(CC(=O)O)CC3)c1)-c1c(c(C(=O)N3CCOCC3(C)C)nn1-c1cc(F)cc(F)c1)CO2. The van der Waals surface area contributed by atoms with Gasteiger partial charge in [-0.15, -0.1) is 0 Å². The number of carboxylic acids is 3. The van der Waals surface area contributed by atoms with E-state index in [1.54, 1.807) is 48.9 Å². The number of anilines is 1. The van der Waals surface area contributed by atoms with Crippen molar-refractivity contribution in [2.24, 2.45) is 0 Å². The molecule has 0 aliphatic carbocycles. The van der Waals surface area contributed by atoms with Crippen molar-refractivity contribution >= 4 is 47.2 Å². The first kappa shape index (κ1) is 60.9. The van der Waals surface area contributed by atoms with E-state index in [4.69, 9.17) is 24.0 Å². The molecule has 7 rings (SSSR count). The number of amides is 4. The van der Waals surface area contributed by atoms with Crippen molar-refractivity contribution in [1.82, 2.24) is 49.9 Å². The lowest BCUT2D eigenvalue weighted by molar-refractivity contribution is -0.140. The number of fused-ring (bicyclic) bond motifs is 3. The van der Waals surface area contributed by atoms with E-state index in [1.807, 2.05) is 13.8 Å². The van der Waals surface area contributed by atoms with Crippen LogP contribution >= 0.6 is 0 Å². The number of nitrogens with zero attached hydrogens (tertiary/aromatic N) is 8. The van der Waals surface area contributed by atoms with Gasteiger partial charge in [-0.2, -0.15) is 5.10 Å². The second-order valence-electron chi connectivity index (χ2n) is 20.3. The van der Waals surface area contributed by atoms with Gasteiger partial charge in [-0.05, 0) is 44.5 Å². The fourth-order valence-electron chi connectivity index (χ4n) is 9.67. The summed E-state index contributed by atoms with van der Waals surface area (Å²) in [5.41, 5.74) is 2.09. The minimum absolute atomic E-state index is 0.0253. The number of pyridine rings is 1. The van der Waals surface area contributed by atoms with Gasteiger partial charge in [0.25, 0.3) is 5.91 Å². The summed E-state index contributed by atoms with van der Waals surface area (Å²) in [6, 6.07) is 8.10. The number of ether oxygens (including phenoxy) is 4. The van der Waals surface area contributed by atoms with Crippen molar-refractivity contribution in [1.29, 1.82) is 0 Å². The average molecular weight is 1130 g/mol. The fraction of sp³-hybridized carbons (Fsp3) is 0.500. The highest BCUT2D eigenvalue weighted by Crippen LogP contribution is 2.46. The Morgan fingerprint density at radius 1 is 0.691 bits per heavy atom. The predicted molar refractivity (Wildman–Crippen MR) is 287 cm³/mol. The first-order valence-electron chi connectivity index (χ1n) is 26.5. The molecule has 0 saturated carbocycles. The molecule has 6 N–H and O–H groups in total. The largest absolute Gasteiger partial charge is 0.496 e. The molecule has 0 radical (unpaired) electrons. The van der Waals surface area contributed by atoms with Gasteiger partial charge in [-0.25, -0.2) is 13.5 Å². The molecule has 4 aromatic rings. The standard InChI is InChI=1S/C54H69F2N11O14/c1-54(2)34-80-20-17-66(54)53(77)51-42-33-81-44-26-43(78-3)40(25-41(44)52(42)67(61-51)39-23-36(55)22-37(56)24-39)35-21-38(28-57-27-35)60-46(69)5-4-7-58-45(68)6-18-79-19-8-59-47(70)29-62-9-11-63(30-48(71)72)13-15-65(32-50(75)76)16-14-64(12-10-62)31-49(73)74/h21-28H,4-20,29-34H2,1-3H3,(H,58,68)(H,59,70)(H,60,69)(H,71,72)(H,73,74)(H,75,76). The Morgan fingerprint density at radius 3 is 1.89 bits per heavy atom. The first-order valence-corrected chi connectivity index (χ1v) is 26.5. The third-order valence-corrected chi connectivity index (χ3v) is 13.7. The van der Waals surface area contributed by atoms with E-state index < -0.39 is 41.0 Å². The van der Waals surface area contributed by atoms with Crippen molar-refractivity contribution in [3.63, 3.8) is 0 Å². The molecule has 0 spiro atoms. The second-order valence-corrected chi connectivity index (χ2v) is 20.3. The average Bonchev–Trinajstić information content (AvgIpc) is 3.84. The lowest BCUT2D eigenvalue weighted by atomic mass is 9.95. The van der Waals surface area contributed by atoms with Gasteiger partial charge in [0.2, 0.25) is 17.7 Å². The molecule has 0 unspecified atom stereocenters. The summed E-state index contributed by atoms with van der Waals surface area (Å²) in [6.07, 6.45) is 3.44. The summed E-state index contributed by atoms with van der Waals surface area (Å²) >= 11 is 0. The summed E-state index contributed by atoms with van der Waals surface area (Å²) in [5.74, 6) is -5.46. The van der Waals surface area contributed by atoms with E-state index in [0.29, 0.717) is 84.4 Å². The van der Waals surface area contributed by atoms with Crippen molar-refractivity contribution < 1.29 is 76.6 Å². The number of benzene rings is 2. The number of hydrogen-bond acceptors (Lipinski definition) is 17. The number of hydrogen-bond donors (Lipinski definition) is 6. The molecule has 25 nitrogen and oxygen atoms in total. The Balaban J connectivity index is 0.876. The number of methoxy groups -OCH3 is 1. The van der Waals surface area contributed by atoms with Crippen molar-refractivity contribution in [3.05, 3.63) is 71.7 Å². The number of halogens is 2. The molecule has 27 heteroatoms. The zero-order chi connectivity index (χ0) is 58.2. The Bertz CT molecular complexity index is 2870. The zero-order valence-corrected chi connectivity index (χ0v) is 45.5. The van der Waals surface area contributed by atoms with Gasteiger partial charge in [0.15, 0.2) is 5.69 Å². The van der Waals surface area contributed by atoms with Crippen molar-refractivity contribution in [2.75, 3.05) is 137 Å². The molecule has 2 aromatic carbocycles. The summed E-state index contributed by atoms with van der Waals surface area (Å²) in [5, 5.41) is 41.4. The molecule has 2 fully saturated rings. The van der Waals surface area contributed by atoms with Crippen LogP contribution in [0.15, 0.2) is 48.8 Å². The number of morpholine rings is 1. The monoisotopic (exact) mass is 1130 g/mol. The van der Waals surface area contributed by atoms with E-state index in [-0.39, 0.29) is 140 Å². The lowest BCUT2D eigenvalue weighted by Crippen LogP contribution is -2.55. The number of aromatic nitrogens is 3. The predicted octanol–water partition coefficient (Wildman–Crippen LogP) is 1.86. The molecular formula is C54H69F2N11O14. The van der Waals surface area contributed by atoms with Crippen LogP contribution in [0, 0.1) is 11.6 Å². The van der Waals surface area contributed by atoms with Crippen LogP contribution < -0.4 is 25.4 Å². The van der Waals surface area contributed by atoms with E-state index >= 15 is 0 Å². The molecule has 4 amide bonds. The molecule has 81 heavy (non-hydrogen) atoms. The van der Waals surface area contributed by atoms with E-state index in [0.717, 1.165) is 18.2 Å². The molecule has 0 atom stereocenters. The summed E-state index contributed by atoms with van der Waals surface area (Å²) < 4.78 is 54.1. The third kappa shape index (κ3) is 17.4. The van der Waals surface area contributed by atoms with Crippen LogP contribution in [0.2, 0.25) is 0 Å². The minimum atomic E-state index is -1.05. The maximum Gasteiger partial charge on any atom is 0.317 e. The summed E-state index contributed by atoms with van der Waals surface area (Å²) in [7, 11) is 1.48. The highest BCUT2D eigenvalue weighted by Gasteiger charge is 2.39. The van der Waals surface area contributed by atoms with Crippen molar-refractivity contribution in [3.8, 4) is 39.6 Å². The molecular weight excluding hydrogens is 1060 g/mol. The van der Waals surface area contributed by atoms with Crippen molar-refractivity contribution in [2.45, 2.75) is 45.3 Å². The highest BCUT2D eigenvalue weighted by molar-refractivity contribution is 5.98. The van der Waals surface area contributed by atoms with Crippen LogP contribution in [0.5, 0.6) is 11.5 Å². The number of carboxylic acid groups (broad SMARTS) is 3. The van der Waals surface area contributed by atoms with Gasteiger partial charge in [0.05, 0.1) is 88.5 Å². The lowest BCUT2D eigenvalue weighted by Gasteiger charge is -2.41. The van der Waals surface area contributed by atoms with Crippen LogP contribution in [0.1, 0.15) is 49.2 Å². The van der Waals surface area contributed by atoms with Gasteiger partial charge >= 0.3 is 17.9 Å². The number of rotatable bonds is 23. The maximum atomic E-state index is 14.8. The quantitative estimate of drug-likeness (QED) is 0.0578. The molecule has 0 bridgehead atoms. The van der Waals surface area contributed by atoms with E-state index in [1.165, 1.54) is 18.0 Å². The van der Waals surface area contributed by atoms with Crippen LogP contribution in [0.4, 0.5) is 14.5 Å². The highest BCUT2D eigenvalue weighted by atomic mass is 19.1. The Hall–Kier alpha value is -7.69. The van der Waals surface area contributed by atoms with E-state index in [9.17, 15) is 57.7 Å². The van der Waals surface area contributed by atoms with Crippen LogP contribution in [0.3, 0.4) is 0 Å². The Labute approximate surface area is 466 Å². The van der Waals surface area contributed by atoms with Crippen LogP contribution in [-0.4, -0.2) is 233 Å². The zero-order valence-electron chi connectivity index (χ0n) is 45.5. The van der Waals surface area contributed by atoms with Crippen LogP contribution in [-0.2, 0) is 44.8 Å². The van der Waals surface area contributed by atoms with Crippen LogP contribution in [0.25, 0.3) is 28.1 Å². The fourth-order valence-corrected chi connectivity index (χ4v) is 9.67. The summed E-state index contributed by atoms with van der Waals surface area (Å²) in [6.45, 7) is 6.37. The smallest absolute Gasteiger partial charge is 0.317 e. The second kappa shape index (κ2) is 28.6. The first-order chi connectivity index (χ1) is 38.8. The molecule has 3 aliphatic rings. The molecule has 3 aliphatic heterocycles. The topological polar surface area (TPSA) is 300 Å². The van der Waals surface area contributed by atoms with Gasteiger partial charge in [0.1, 0.15) is 29.7 Å². The van der Waals surface area contributed by atoms with Gasteiger partial charge in [0, 0.05) is 125 Å². The third-order valence-electron chi connectivity index (χ3n) is 13.7. The summed E-state index contributed by atoms with van der Waals surface area (Å²) in [4.78, 5) is 100. The van der Waals surface area contributed by atoms with Gasteiger partial charge in [-0.1, -0.05) is 0 Å². The maximum absolute atomic E-state index is 14.8. The van der Waals surface area contributed by atoms with Gasteiger partial charge < -0.3 is 55.1 Å². The Kier molecular flexibility index (Phi) is 21.5. The number of aliphatic carboxylic acids is 3. The molecule has 2 aromatic heterocycles. The molecule has 438 valence electrons. The molecule has 5 heterocycles. The Morgan fingerprint density at radius 2 is 1.30 bits per heavy atom. The van der Waals surface area contributed by atoms with Gasteiger partial charge in [-0.3, -0.25) is 58.1 Å². The number of carbonyl (C=O) groups is 7. The molecule has 2 saturated heterocycles. The number of nitrogens with one attached hydrogen (secondary N) is 3.